The fourth-order valence-corrected chi connectivity index (χ4v) is 6.54. The van der Waals surface area contributed by atoms with E-state index in [4.69, 9.17) is 14.7 Å². The Hall–Kier alpha value is -4.77. The van der Waals surface area contributed by atoms with Gasteiger partial charge in [0.05, 0.1) is 17.7 Å². The van der Waals surface area contributed by atoms with Gasteiger partial charge in [-0.3, -0.25) is 4.79 Å². The maximum Gasteiger partial charge on any atom is 0.214 e. The Labute approximate surface area is 259 Å². The number of nitrogens with zero attached hydrogens (tertiary/aromatic N) is 3. The zero-order valence-electron chi connectivity index (χ0n) is 24.9. The van der Waals surface area contributed by atoms with Crippen molar-refractivity contribution in [1.82, 2.24) is 14.5 Å². The van der Waals surface area contributed by atoms with E-state index in [0.717, 1.165) is 66.5 Å². The molecule has 0 amide bonds. The number of pyridine rings is 1. The Balaban J connectivity index is 1.34. The summed E-state index contributed by atoms with van der Waals surface area (Å²) in [7, 11) is 0. The number of hydrogen-bond donors (Lipinski definition) is 0. The van der Waals surface area contributed by atoms with E-state index in [-0.39, 0.29) is 17.8 Å². The van der Waals surface area contributed by atoms with Gasteiger partial charge in [-0.05, 0) is 60.6 Å². The molecule has 2 saturated carbocycles. The van der Waals surface area contributed by atoms with Crippen LogP contribution in [-0.2, 0) is 10.3 Å². The molecule has 220 valence electrons. The highest BCUT2D eigenvalue weighted by Crippen LogP contribution is 2.41. The topological polar surface area (TPSA) is 57.0 Å². The van der Waals surface area contributed by atoms with E-state index < -0.39 is 5.54 Å². The van der Waals surface area contributed by atoms with Crippen LogP contribution >= 0.6 is 0 Å². The van der Waals surface area contributed by atoms with Crippen LogP contribution in [0.3, 0.4) is 0 Å². The van der Waals surface area contributed by atoms with Crippen molar-refractivity contribution in [3.8, 4) is 17.1 Å². The van der Waals surface area contributed by atoms with Crippen LogP contribution in [-0.4, -0.2) is 26.4 Å². The molecule has 44 heavy (non-hydrogen) atoms. The average Bonchev–Trinajstić information content (AvgIpc) is 3.78. The first-order valence-corrected chi connectivity index (χ1v) is 15.8. The second-order valence-corrected chi connectivity index (χ2v) is 11.9. The van der Waals surface area contributed by atoms with Crippen molar-refractivity contribution in [3.05, 3.63) is 144 Å². The van der Waals surface area contributed by atoms with E-state index in [2.05, 4.69) is 83.6 Å². The van der Waals surface area contributed by atoms with Gasteiger partial charge in [0.15, 0.2) is 5.78 Å². The molecule has 5 nitrogen and oxygen atoms in total. The molecule has 7 rings (SSSR count). The average molecular weight is 580 g/mol. The fraction of sp³-hybridized carbons (Fsp3) is 0.256. The van der Waals surface area contributed by atoms with Crippen LogP contribution in [0.5, 0.6) is 5.88 Å². The van der Waals surface area contributed by atoms with Crippen LogP contribution in [0.25, 0.3) is 17.3 Å². The zero-order valence-corrected chi connectivity index (χ0v) is 24.9. The van der Waals surface area contributed by atoms with Crippen LogP contribution in [0.1, 0.15) is 67.3 Å². The number of hydrogen-bond acceptors (Lipinski definition) is 4. The monoisotopic (exact) mass is 579 g/mol. The number of carbonyl (C=O) groups excluding carboxylic acids is 1. The molecule has 0 aliphatic heterocycles. The highest BCUT2D eigenvalue weighted by molar-refractivity contribution is 5.96. The minimum absolute atomic E-state index is 0.108. The molecule has 0 spiro atoms. The quantitative estimate of drug-likeness (QED) is 0.123. The van der Waals surface area contributed by atoms with E-state index in [1.54, 1.807) is 6.08 Å². The summed E-state index contributed by atoms with van der Waals surface area (Å²) >= 11 is 0. The SMILES string of the molecule is O=C(/C=C/c1nc(OC2CC2)ccc1-c1cn(C(c2ccccc2)(c2ccccc2)c2ccccc2)cn1)C1CCCCC1. The summed E-state index contributed by atoms with van der Waals surface area (Å²) < 4.78 is 8.26. The van der Waals surface area contributed by atoms with Crippen molar-refractivity contribution >= 4 is 11.9 Å². The van der Waals surface area contributed by atoms with E-state index in [1.165, 1.54) is 6.42 Å². The predicted molar refractivity (Wildman–Crippen MR) is 174 cm³/mol. The van der Waals surface area contributed by atoms with Gasteiger partial charge in [0.1, 0.15) is 11.6 Å². The van der Waals surface area contributed by atoms with Gasteiger partial charge in [0, 0.05) is 23.7 Å². The van der Waals surface area contributed by atoms with Crippen molar-refractivity contribution in [2.75, 3.05) is 0 Å². The summed E-state index contributed by atoms with van der Waals surface area (Å²) in [6.07, 6.45) is 15.4. The second-order valence-electron chi connectivity index (χ2n) is 11.9. The van der Waals surface area contributed by atoms with Gasteiger partial charge in [-0.25, -0.2) is 9.97 Å². The summed E-state index contributed by atoms with van der Waals surface area (Å²) in [4.78, 5) is 23.0. The third-order valence-electron chi connectivity index (χ3n) is 8.94. The number of aromatic nitrogens is 3. The Morgan fingerprint density at radius 1 is 0.750 bits per heavy atom. The molecule has 5 heteroatoms. The lowest BCUT2D eigenvalue weighted by molar-refractivity contribution is -0.119. The van der Waals surface area contributed by atoms with Gasteiger partial charge in [-0.15, -0.1) is 0 Å². The van der Waals surface area contributed by atoms with Crippen molar-refractivity contribution in [3.63, 3.8) is 0 Å². The first-order chi connectivity index (χ1) is 21.7. The van der Waals surface area contributed by atoms with Crippen LogP contribution < -0.4 is 4.74 Å². The van der Waals surface area contributed by atoms with Crippen LogP contribution in [0.2, 0.25) is 0 Å². The molecule has 2 aliphatic rings. The molecule has 0 unspecified atom stereocenters. The molecule has 2 aliphatic carbocycles. The van der Waals surface area contributed by atoms with Gasteiger partial charge >= 0.3 is 0 Å². The number of benzene rings is 3. The maximum atomic E-state index is 13.1. The number of ether oxygens (including phenoxy) is 1. The number of carbonyl (C=O) groups is 1. The van der Waals surface area contributed by atoms with Gasteiger partial charge in [0.25, 0.3) is 0 Å². The fourth-order valence-electron chi connectivity index (χ4n) is 6.54. The summed E-state index contributed by atoms with van der Waals surface area (Å²) in [6.45, 7) is 0. The van der Waals surface area contributed by atoms with Crippen LogP contribution in [0.4, 0.5) is 0 Å². The highest BCUT2D eigenvalue weighted by Gasteiger charge is 2.38. The van der Waals surface area contributed by atoms with Crippen LogP contribution in [0, 0.1) is 5.92 Å². The van der Waals surface area contributed by atoms with E-state index in [9.17, 15) is 4.79 Å². The minimum Gasteiger partial charge on any atom is -0.474 e. The Kier molecular flexibility index (Phi) is 7.93. The summed E-state index contributed by atoms with van der Waals surface area (Å²) in [5.74, 6) is 0.886. The van der Waals surface area contributed by atoms with Crippen molar-refractivity contribution in [2.24, 2.45) is 5.92 Å². The van der Waals surface area contributed by atoms with E-state index in [1.807, 2.05) is 42.7 Å². The number of ketones is 1. The maximum absolute atomic E-state index is 13.1. The number of imidazole rings is 1. The molecule has 2 fully saturated rings. The van der Waals surface area contributed by atoms with Crippen LogP contribution in [0.15, 0.2) is 122 Å². The lowest BCUT2D eigenvalue weighted by Gasteiger charge is -2.37. The highest BCUT2D eigenvalue weighted by atomic mass is 16.5. The molecule has 0 bridgehead atoms. The minimum atomic E-state index is -0.662. The zero-order chi connectivity index (χ0) is 29.8. The molecular formula is C39H37N3O2. The summed E-state index contributed by atoms with van der Waals surface area (Å²) in [6, 6.07) is 35.7. The second kappa shape index (κ2) is 12.5. The van der Waals surface area contributed by atoms with Crippen molar-refractivity contribution in [2.45, 2.75) is 56.6 Å². The molecule has 0 radical (unpaired) electrons. The van der Waals surface area contributed by atoms with Crippen molar-refractivity contribution in [1.29, 1.82) is 0 Å². The molecule has 5 aromatic rings. The van der Waals surface area contributed by atoms with Crippen molar-refractivity contribution < 1.29 is 9.53 Å². The Morgan fingerprint density at radius 2 is 1.34 bits per heavy atom. The molecule has 0 saturated heterocycles. The molecule has 0 N–H and O–H groups in total. The smallest absolute Gasteiger partial charge is 0.214 e. The summed E-state index contributed by atoms with van der Waals surface area (Å²) in [5.41, 5.74) is 5.07. The first-order valence-electron chi connectivity index (χ1n) is 15.8. The van der Waals surface area contributed by atoms with Gasteiger partial charge < -0.3 is 9.30 Å². The Morgan fingerprint density at radius 3 is 1.91 bits per heavy atom. The Bertz CT molecular complexity index is 1640. The molecule has 2 heterocycles. The first kappa shape index (κ1) is 28.0. The molecular weight excluding hydrogens is 542 g/mol. The number of rotatable bonds is 10. The van der Waals surface area contributed by atoms with Gasteiger partial charge in [0.2, 0.25) is 5.88 Å². The predicted octanol–water partition coefficient (Wildman–Crippen LogP) is 8.49. The normalized spacial score (nSPS) is 15.8. The van der Waals surface area contributed by atoms with Gasteiger partial charge in [-0.1, -0.05) is 110 Å². The molecule has 3 aromatic carbocycles. The lowest BCUT2D eigenvalue weighted by Crippen LogP contribution is -2.36. The summed E-state index contributed by atoms with van der Waals surface area (Å²) in [5, 5.41) is 0. The number of allylic oxidation sites excluding steroid dienone is 1. The van der Waals surface area contributed by atoms with Gasteiger partial charge in [-0.2, -0.15) is 0 Å². The standard InChI is InChI=1S/C39H37N3O2/c43-37(29-13-5-1-6-14-29)25-24-35-34(23-26-38(41-35)44-33-21-22-33)36-27-42(28-40-36)39(30-15-7-2-8-16-30,31-17-9-3-10-18-31)32-19-11-4-12-20-32/h2-4,7-12,15-20,23-29,33H,1,5-6,13-14,21-22H2/b25-24+. The van der Waals surface area contributed by atoms with E-state index >= 15 is 0 Å². The lowest BCUT2D eigenvalue weighted by atomic mass is 9.77. The third-order valence-corrected chi connectivity index (χ3v) is 8.94. The largest absolute Gasteiger partial charge is 0.474 e. The third kappa shape index (κ3) is 5.62. The molecule has 0 atom stereocenters. The molecule has 2 aromatic heterocycles. The van der Waals surface area contributed by atoms with E-state index in [0.29, 0.717) is 11.6 Å².